The molecule has 0 spiro atoms. The Morgan fingerprint density at radius 2 is 1.93 bits per heavy atom. The van der Waals surface area contributed by atoms with Gasteiger partial charge in [-0.05, 0) is 52.4 Å². The second kappa shape index (κ2) is 14.8. The fourth-order valence-electron chi connectivity index (χ4n) is 3.97. The van der Waals surface area contributed by atoms with Gasteiger partial charge in [-0.1, -0.05) is 6.42 Å². The van der Waals surface area contributed by atoms with Crippen LogP contribution in [0.4, 0.5) is 0 Å². The Morgan fingerprint density at radius 3 is 2.69 bits per heavy atom. The van der Waals surface area contributed by atoms with Crippen molar-refractivity contribution in [3.05, 3.63) is 0 Å². The summed E-state index contributed by atoms with van der Waals surface area (Å²) in [5, 5.41) is 6.51. The first-order valence-electron chi connectivity index (χ1n) is 11.2. The van der Waals surface area contributed by atoms with E-state index in [4.69, 9.17) is 0 Å². The van der Waals surface area contributed by atoms with E-state index in [9.17, 15) is 9.59 Å². The molecule has 1 unspecified atom stereocenters. The molecule has 8 heteroatoms. The number of guanidine groups is 1. The molecule has 2 aliphatic rings. The predicted octanol–water partition coefficient (Wildman–Crippen LogP) is 2.74. The molecule has 0 aromatic heterocycles. The second-order valence-electron chi connectivity index (χ2n) is 7.91. The van der Waals surface area contributed by atoms with Crippen molar-refractivity contribution in [2.24, 2.45) is 4.99 Å². The quantitative estimate of drug-likeness (QED) is 0.223. The van der Waals surface area contributed by atoms with E-state index >= 15 is 0 Å². The minimum Gasteiger partial charge on any atom is -0.357 e. The van der Waals surface area contributed by atoms with Gasteiger partial charge in [-0.15, -0.1) is 24.0 Å². The van der Waals surface area contributed by atoms with Crippen LogP contribution in [0.1, 0.15) is 71.6 Å². The zero-order chi connectivity index (χ0) is 20.2. The van der Waals surface area contributed by atoms with E-state index in [2.05, 4.69) is 22.5 Å². The van der Waals surface area contributed by atoms with Crippen LogP contribution in [0, 0.1) is 0 Å². The smallest absolute Gasteiger partial charge is 0.224 e. The highest BCUT2D eigenvalue weighted by molar-refractivity contribution is 14.0. The van der Waals surface area contributed by atoms with Crippen LogP contribution in [0.2, 0.25) is 0 Å². The molecule has 0 aromatic rings. The SMILES string of the molecule is CCNC(=NCCCN1CCCCCC1=O)NCCC(=O)N1CCCCC1C.I. The number of nitrogens with zero attached hydrogens (tertiary/aromatic N) is 3. The van der Waals surface area contributed by atoms with Crippen molar-refractivity contribution in [1.29, 1.82) is 0 Å². The minimum absolute atomic E-state index is 0. The van der Waals surface area contributed by atoms with Gasteiger partial charge in [-0.3, -0.25) is 14.6 Å². The number of hydrogen-bond donors (Lipinski definition) is 2. The number of halogens is 1. The molecule has 2 amide bonds. The molecule has 2 aliphatic heterocycles. The molecular formula is C21H40IN5O2. The number of amides is 2. The molecule has 0 aliphatic carbocycles. The summed E-state index contributed by atoms with van der Waals surface area (Å²) in [4.78, 5) is 33.1. The van der Waals surface area contributed by atoms with E-state index in [1.807, 2.05) is 16.7 Å². The van der Waals surface area contributed by atoms with Crippen LogP contribution < -0.4 is 10.6 Å². The first-order valence-corrected chi connectivity index (χ1v) is 11.2. The van der Waals surface area contributed by atoms with Crippen LogP contribution in [0.5, 0.6) is 0 Å². The topological polar surface area (TPSA) is 77.0 Å². The number of hydrogen-bond acceptors (Lipinski definition) is 3. The Labute approximate surface area is 193 Å². The number of likely N-dealkylation sites (tertiary alicyclic amines) is 2. The summed E-state index contributed by atoms with van der Waals surface area (Å²) in [6.45, 7) is 8.80. The molecule has 2 fully saturated rings. The van der Waals surface area contributed by atoms with Crippen molar-refractivity contribution in [2.75, 3.05) is 39.3 Å². The average molecular weight is 521 g/mol. The van der Waals surface area contributed by atoms with Gasteiger partial charge in [0.15, 0.2) is 5.96 Å². The maximum Gasteiger partial charge on any atom is 0.224 e. The standard InChI is InChI=1S/C21H39N5O2.HI/c1-3-22-21(23-13-9-16-25-15-7-4-5-11-19(25)27)24-14-12-20(28)26-17-8-6-10-18(26)2;/h18H,3-17H2,1-2H3,(H2,22,23,24);1H. The van der Waals surface area contributed by atoms with Crippen molar-refractivity contribution >= 4 is 41.8 Å². The lowest BCUT2D eigenvalue weighted by Crippen LogP contribution is -2.44. The zero-order valence-electron chi connectivity index (χ0n) is 18.3. The first-order chi connectivity index (χ1) is 13.6. The summed E-state index contributed by atoms with van der Waals surface area (Å²) in [7, 11) is 0. The van der Waals surface area contributed by atoms with Gasteiger partial charge in [0.25, 0.3) is 0 Å². The highest BCUT2D eigenvalue weighted by Crippen LogP contribution is 2.17. The van der Waals surface area contributed by atoms with E-state index in [0.717, 1.165) is 70.7 Å². The van der Waals surface area contributed by atoms with Gasteiger partial charge in [0.1, 0.15) is 0 Å². The van der Waals surface area contributed by atoms with Gasteiger partial charge in [0.2, 0.25) is 11.8 Å². The molecule has 7 nitrogen and oxygen atoms in total. The molecule has 168 valence electrons. The average Bonchev–Trinajstić information content (AvgIpc) is 2.89. The number of aliphatic imine (C=N–C) groups is 1. The summed E-state index contributed by atoms with van der Waals surface area (Å²) in [6.07, 6.45) is 8.81. The van der Waals surface area contributed by atoms with Crippen molar-refractivity contribution in [3.63, 3.8) is 0 Å². The molecule has 2 heterocycles. The summed E-state index contributed by atoms with van der Waals surface area (Å²) >= 11 is 0. The normalized spacial score (nSPS) is 20.7. The van der Waals surface area contributed by atoms with Gasteiger partial charge in [0, 0.05) is 58.2 Å². The lowest BCUT2D eigenvalue weighted by molar-refractivity contribution is -0.134. The van der Waals surface area contributed by atoms with Crippen molar-refractivity contribution in [3.8, 4) is 0 Å². The van der Waals surface area contributed by atoms with E-state index in [0.29, 0.717) is 32.0 Å². The number of piperidine rings is 1. The molecule has 0 saturated carbocycles. The monoisotopic (exact) mass is 521 g/mol. The Balaban J connectivity index is 0.00000420. The highest BCUT2D eigenvalue weighted by Gasteiger charge is 2.22. The van der Waals surface area contributed by atoms with E-state index in [-0.39, 0.29) is 35.8 Å². The molecule has 1 atom stereocenters. The zero-order valence-corrected chi connectivity index (χ0v) is 20.6. The van der Waals surface area contributed by atoms with Gasteiger partial charge < -0.3 is 20.4 Å². The molecule has 0 bridgehead atoms. The fraction of sp³-hybridized carbons (Fsp3) is 0.857. The Bertz CT molecular complexity index is 529. The molecule has 0 radical (unpaired) electrons. The van der Waals surface area contributed by atoms with Crippen LogP contribution in [0.3, 0.4) is 0 Å². The van der Waals surface area contributed by atoms with Crippen molar-refractivity contribution in [1.82, 2.24) is 20.4 Å². The number of nitrogens with one attached hydrogen (secondary N) is 2. The summed E-state index contributed by atoms with van der Waals surface area (Å²) < 4.78 is 0. The van der Waals surface area contributed by atoms with Crippen LogP contribution in [0.25, 0.3) is 0 Å². The molecule has 29 heavy (non-hydrogen) atoms. The maximum absolute atomic E-state index is 12.4. The Kier molecular flexibility index (Phi) is 13.3. The predicted molar refractivity (Wildman–Crippen MR) is 129 cm³/mol. The fourth-order valence-corrected chi connectivity index (χ4v) is 3.97. The Morgan fingerprint density at radius 1 is 1.14 bits per heavy atom. The first kappa shape index (κ1) is 26.0. The molecule has 0 aromatic carbocycles. The third kappa shape index (κ3) is 9.53. The summed E-state index contributed by atoms with van der Waals surface area (Å²) in [6, 6.07) is 0.366. The molecule has 2 saturated heterocycles. The van der Waals surface area contributed by atoms with Crippen molar-refractivity contribution < 1.29 is 9.59 Å². The summed E-state index contributed by atoms with van der Waals surface area (Å²) in [5.74, 6) is 1.27. The van der Waals surface area contributed by atoms with Crippen LogP contribution in [-0.4, -0.2) is 72.9 Å². The second-order valence-corrected chi connectivity index (χ2v) is 7.91. The van der Waals surface area contributed by atoms with Gasteiger partial charge in [0.05, 0.1) is 0 Å². The van der Waals surface area contributed by atoms with Crippen LogP contribution in [-0.2, 0) is 9.59 Å². The molecule has 2 rings (SSSR count). The minimum atomic E-state index is 0. The third-order valence-electron chi connectivity index (χ3n) is 5.63. The lowest BCUT2D eigenvalue weighted by Gasteiger charge is -2.33. The lowest BCUT2D eigenvalue weighted by atomic mass is 10.0. The van der Waals surface area contributed by atoms with E-state index in [1.54, 1.807) is 0 Å². The number of carbonyl (C=O) groups is 2. The summed E-state index contributed by atoms with van der Waals surface area (Å²) in [5.41, 5.74) is 0. The maximum atomic E-state index is 12.4. The van der Waals surface area contributed by atoms with Gasteiger partial charge in [-0.2, -0.15) is 0 Å². The number of rotatable bonds is 8. The van der Waals surface area contributed by atoms with Crippen LogP contribution >= 0.6 is 24.0 Å². The third-order valence-corrected chi connectivity index (χ3v) is 5.63. The number of carbonyl (C=O) groups excluding carboxylic acids is 2. The van der Waals surface area contributed by atoms with Crippen molar-refractivity contribution in [2.45, 2.75) is 77.7 Å². The molecule has 2 N–H and O–H groups in total. The highest BCUT2D eigenvalue weighted by atomic mass is 127. The largest absolute Gasteiger partial charge is 0.357 e. The molecular weight excluding hydrogens is 481 g/mol. The van der Waals surface area contributed by atoms with E-state index in [1.165, 1.54) is 6.42 Å². The van der Waals surface area contributed by atoms with Gasteiger partial charge >= 0.3 is 0 Å². The van der Waals surface area contributed by atoms with Gasteiger partial charge in [-0.25, -0.2) is 0 Å². The van der Waals surface area contributed by atoms with E-state index < -0.39 is 0 Å². The van der Waals surface area contributed by atoms with Crippen LogP contribution in [0.15, 0.2) is 4.99 Å². The Hall–Kier alpha value is -1.06.